The Morgan fingerprint density at radius 3 is 3.12 bits per heavy atom. The normalized spacial score (nSPS) is 19.5. The molecule has 0 amide bonds. The third kappa shape index (κ3) is 3.56. The third-order valence-corrected chi connectivity index (χ3v) is 2.86. The second-order valence-corrected chi connectivity index (χ2v) is 4.45. The molecule has 1 aromatic heterocycles. The zero-order valence-corrected chi connectivity index (χ0v) is 10.3. The van der Waals surface area contributed by atoms with Gasteiger partial charge in [0, 0.05) is 31.6 Å². The Morgan fingerprint density at radius 1 is 1.53 bits per heavy atom. The van der Waals surface area contributed by atoms with E-state index in [0.717, 1.165) is 50.7 Å². The predicted molar refractivity (Wildman–Crippen MR) is 67.9 cm³/mol. The van der Waals surface area contributed by atoms with Crippen molar-refractivity contribution in [1.29, 1.82) is 0 Å². The number of nitrogens with two attached hydrogens (primary N) is 1. The number of ether oxygens (including phenoxy) is 1. The summed E-state index contributed by atoms with van der Waals surface area (Å²) < 4.78 is 5.33. The second kappa shape index (κ2) is 5.82. The molecule has 94 valence electrons. The van der Waals surface area contributed by atoms with Crippen molar-refractivity contribution in [2.24, 2.45) is 5.92 Å². The SMILES string of the molecule is CCCc1nc(N)cc(NCC2CCOC2)n1. The molecule has 0 spiro atoms. The quantitative estimate of drug-likeness (QED) is 0.809. The Balaban J connectivity index is 1.94. The molecule has 0 saturated carbocycles. The van der Waals surface area contributed by atoms with Crippen LogP contribution in [0.3, 0.4) is 0 Å². The van der Waals surface area contributed by atoms with E-state index >= 15 is 0 Å². The molecule has 0 aliphatic carbocycles. The van der Waals surface area contributed by atoms with Crippen LogP contribution in [0.4, 0.5) is 11.6 Å². The largest absolute Gasteiger partial charge is 0.384 e. The fourth-order valence-electron chi connectivity index (χ4n) is 1.94. The molecule has 0 aromatic carbocycles. The van der Waals surface area contributed by atoms with Gasteiger partial charge in [0.05, 0.1) is 6.61 Å². The molecule has 5 nitrogen and oxygen atoms in total. The molecule has 1 saturated heterocycles. The van der Waals surface area contributed by atoms with E-state index in [0.29, 0.717) is 11.7 Å². The molecule has 5 heteroatoms. The zero-order valence-electron chi connectivity index (χ0n) is 10.3. The van der Waals surface area contributed by atoms with Gasteiger partial charge in [0.1, 0.15) is 17.5 Å². The molecule has 17 heavy (non-hydrogen) atoms. The van der Waals surface area contributed by atoms with Crippen LogP contribution in [0, 0.1) is 5.92 Å². The summed E-state index contributed by atoms with van der Waals surface area (Å²) in [6, 6.07) is 1.79. The predicted octanol–water partition coefficient (Wildman–Crippen LogP) is 1.46. The molecule has 1 unspecified atom stereocenters. The van der Waals surface area contributed by atoms with Crippen LogP contribution in [0.5, 0.6) is 0 Å². The standard InChI is InChI=1S/C12H20N4O/c1-2-3-11-15-10(13)6-12(16-11)14-7-9-4-5-17-8-9/h6,9H,2-5,7-8H2,1H3,(H3,13,14,15,16). The monoisotopic (exact) mass is 236 g/mol. The van der Waals surface area contributed by atoms with Gasteiger partial charge in [-0.2, -0.15) is 0 Å². The van der Waals surface area contributed by atoms with Gasteiger partial charge in [0.2, 0.25) is 0 Å². The van der Waals surface area contributed by atoms with E-state index in [2.05, 4.69) is 22.2 Å². The average Bonchev–Trinajstić information content (AvgIpc) is 2.79. The van der Waals surface area contributed by atoms with E-state index in [1.807, 2.05) is 0 Å². The first-order valence-electron chi connectivity index (χ1n) is 6.23. The number of rotatable bonds is 5. The summed E-state index contributed by atoms with van der Waals surface area (Å²) >= 11 is 0. The van der Waals surface area contributed by atoms with Crippen LogP contribution < -0.4 is 11.1 Å². The van der Waals surface area contributed by atoms with E-state index in [-0.39, 0.29) is 0 Å². The Labute approximate surface area is 102 Å². The van der Waals surface area contributed by atoms with Crippen molar-refractivity contribution in [3.05, 3.63) is 11.9 Å². The first-order valence-corrected chi connectivity index (χ1v) is 6.23. The van der Waals surface area contributed by atoms with Crippen molar-refractivity contribution in [3.8, 4) is 0 Å². The van der Waals surface area contributed by atoms with E-state index in [9.17, 15) is 0 Å². The lowest BCUT2D eigenvalue weighted by atomic mass is 10.1. The van der Waals surface area contributed by atoms with Crippen molar-refractivity contribution in [2.45, 2.75) is 26.2 Å². The summed E-state index contributed by atoms with van der Waals surface area (Å²) in [6.45, 7) is 4.71. The summed E-state index contributed by atoms with van der Waals surface area (Å²) in [5.74, 6) is 2.76. The van der Waals surface area contributed by atoms with Gasteiger partial charge in [-0.25, -0.2) is 9.97 Å². The van der Waals surface area contributed by atoms with Crippen LogP contribution in [-0.4, -0.2) is 29.7 Å². The summed E-state index contributed by atoms with van der Waals surface area (Å²) in [5.41, 5.74) is 5.76. The molecular weight excluding hydrogens is 216 g/mol. The maximum Gasteiger partial charge on any atom is 0.133 e. The van der Waals surface area contributed by atoms with Crippen LogP contribution in [0.15, 0.2) is 6.07 Å². The minimum Gasteiger partial charge on any atom is -0.384 e. The molecule has 2 heterocycles. The smallest absolute Gasteiger partial charge is 0.133 e. The highest BCUT2D eigenvalue weighted by Crippen LogP contribution is 2.14. The van der Waals surface area contributed by atoms with E-state index < -0.39 is 0 Å². The van der Waals surface area contributed by atoms with Crippen LogP contribution in [-0.2, 0) is 11.2 Å². The van der Waals surface area contributed by atoms with E-state index in [4.69, 9.17) is 10.5 Å². The van der Waals surface area contributed by atoms with E-state index in [1.165, 1.54) is 0 Å². The summed E-state index contributed by atoms with van der Waals surface area (Å²) in [5, 5.41) is 3.32. The highest BCUT2D eigenvalue weighted by atomic mass is 16.5. The Hall–Kier alpha value is -1.36. The number of nitrogens with zero attached hydrogens (tertiary/aromatic N) is 2. The van der Waals surface area contributed by atoms with Crippen molar-refractivity contribution in [1.82, 2.24) is 9.97 Å². The molecule has 1 aliphatic heterocycles. The zero-order chi connectivity index (χ0) is 12.1. The second-order valence-electron chi connectivity index (χ2n) is 4.45. The van der Waals surface area contributed by atoms with Crippen LogP contribution in [0.2, 0.25) is 0 Å². The third-order valence-electron chi connectivity index (χ3n) is 2.86. The number of hydrogen-bond acceptors (Lipinski definition) is 5. The van der Waals surface area contributed by atoms with Gasteiger partial charge >= 0.3 is 0 Å². The van der Waals surface area contributed by atoms with Crippen LogP contribution in [0.25, 0.3) is 0 Å². The van der Waals surface area contributed by atoms with Gasteiger partial charge in [-0.1, -0.05) is 6.92 Å². The summed E-state index contributed by atoms with van der Waals surface area (Å²) in [4.78, 5) is 8.65. The topological polar surface area (TPSA) is 73.1 Å². The Kier molecular flexibility index (Phi) is 4.14. The summed E-state index contributed by atoms with van der Waals surface area (Å²) in [6.07, 6.45) is 3.01. The minimum atomic E-state index is 0.536. The molecule has 3 N–H and O–H groups in total. The molecule has 0 bridgehead atoms. The Morgan fingerprint density at radius 2 is 2.41 bits per heavy atom. The van der Waals surface area contributed by atoms with Crippen LogP contribution >= 0.6 is 0 Å². The average molecular weight is 236 g/mol. The van der Waals surface area contributed by atoms with Crippen molar-refractivity contribution in [3.63, 3.8) is 0 Å². The lowest BCUT2D eigenvalue weighted by molar-refractivity contribution is 0.187. The van der Waals surface area contributed by atoms with Crippen molar-refractivity contribution >= 4 is 11.6 Å². The number of aryl methyl sites for hydroxylation is 1. The highest BCUT2D eigenvalue weighted by molar-refractivity contribution is 5.44. The lowest BCUT2D eigenvalue weighted by Crippen LogP contribution is -2.15. The van der Waals surface area contributed by atoms with Gasteiger partial charge in [-0.15, -0.1) is 0 Å². The molecule has 1 fully saturated rings. The number of nitrogens with one attached hydrogen (secondary N) is 1. The van der Waals surface area contributed by atoms with Gasteiger partial charge in [0.15, 0.2) is 0 Å². The molecule has 1 atom stereocenters. The first kappa shape index (κ1) is 12.1. The summed E-state index contributed by atoms with van der Waals surface area (Å²) in [7, 11) is 0. The number of hydrogen-bond donors (Lipinski definition) is 2. The highest BCUT2D eigenvalue weighted by Gasteiger charge is 2.15. The van der Waals surface area contributed by atoms with Gasteiger partial charge in [-0.3, -0.25) is 0 Å². The minimum absolute atomic E-state index is 0.536. The maximum absolute atomic E-state index is 5.76. The fraction of sp³-hybridized carbons (Fsp3) is 0.667. The molecule has 0 radical (unpaired) electrons. The van der Waals surface area contributed by atoms with Gasteiger partial charge in [0.25, 0.3) is 0 Å². The van der Waals surface area contributed by atoms with Gasteiger partial charge in [-0.05, 0) is 12.8 Å². The number of anilines is 2. The van der Waals surface area contributed by atoms with Crippen molar-refractivity contribution in [2.75, 3.05) is 30.8 Å². The maximum atomic E-state index is 5.76. The number of aromatic nitrogens is 2. The van der Waals surface area contributed by atoms with Crippen LogP contribution in [0.1, 0.15) is 25.6 Å². The molecular formula is C12H20N4O. The fourth-order valence-corrected chi connectivity index (χ4v) is 1.94. The molecule has 2 rings (SSSR count). The van der Waals surface area contributed by atoms with E-state index in [1.54, 1.807) is 6.07 Å². The van der Waals surface area contributed by atoms with Gasteiger partial charge < -0.3 is 15.8 Å². The number of nitrogen functional groups attached to an aromatic ring is 1. The molecule has 1 aliphatic rings. The first-order chi connectivity index (χ1) is 8.28. The van der Waals surface area contributed by atoms with Crippen molar-refractivity contribution < 1.29 is 4.74 Å². The lowest BCUT2D eigenvalue weighted by Gasteiger charge is -2.11. The molecule has 1 aromatic rings. The Bertz CT molecular complexity index is 364.